The summed E-state index contributed by atoms with van der Waals surface area (Å²) < 4.78 is 0. The van der Waals surface area contributed by atoms with Crippen LogP contribution in [0.2, 0.25) is 0 Å². The smallest absolute Gasteiger partial charge is 0.223 e. The summed E-state index contributed by atoms with van der Waals surface area (Å²) in [5.74, 6) is 0.592. The van der Waals surface area contributed by atoms with Crippen LogP contribution < -0.4 is 11.1 Å². The van der Waals surface area contributed by atoms with Crippen LogP contribution in [-0.2, 0) is 4.79 Å². The Morgan fingerprint density at radius 3 is 2.93 bits per heavy atom. The molecule has 1 fully saturated rings. The van der Waals surface area contributed by atoms with Gasteiger partial charge in [-0.15, -0.1) is 0 Å². The summed E-state index contributed by atoms with van der Waals surface area (Å²) in [6, 6.07) is 0. The molecule has 0 spiro atoms. The minimum atomic E-state index is 0.110. The second kappa shape index (κ2) is 5.98. The lowest BCUT2D eigenvalue weighted by Gasteiger charge is -2.16. The predicted octanol–water partition coefficient (Wildman–Crippen LogP) is -0.140. The molecule has 0 heterocycles. The fourth-order valence-corrected chi connectivity index (χ4v) is 2.09. The summed E-state index contributed by atoms with van der Waals surface area (Å²) in [7, 11) is 0. The number of carbonyl (C=O) groups excluding carboxylic acids is 1. The van der Waals surface area contributed by atoms with E-state index in [1.807, 2.05) is 0 Å². The third-order valence-corrected chi connectivity index (χ3v) is 2.93. The molecule has 0 aliphatic heterocycles. The van der Waals surface area contributed by atoms with Crippen molar-refractivity contribution in [2.45, 2.75) is 25.7 Å². The first kappa shape index (κ1) is 11.5. The van der Waals surface area contributed by atoms with Crippen LogP contribution in [0, 0.1) is 11.8 Å². The summed E-state index contributed by atoms with van der Waals surface area (Å²) in [5.41, 5.74) is 5.60. The van der Waals surface area contributed by atoms with Gasteiger partial charge in [-0.2, -0.15) is 0 Å². The van der Waals surface area contributed by atoms with E-state index in [0.29, 0.717) is 25.4 Å². The Morgan fingerprint density at radius 2 is 2.29 bits per heavy atom. The van der Waals surface area contributed by atoms with E-state index in [-0.39, 0.29) is 18.4 Å². The molecule has 4 heteroatoms. The summed E-state index contributed by atoms with van der Waals surface area (Å²) in [5, 5.41) is 11.4. The van der Waals surface area contributed by atoms with Gasteiger partial charge in [-0.25, -0.2) is 0 Å². The van der Waals surface area contributed by atoms with Gasteiger partial charge >= 0.3 is 0 Å². The van der Waals surface area contributed by atoms with E-state index >= 15 is 0 Å². The number of aliphatic hydroxyl groups excluding tert-OH is 1. The summed E-state index contributed by atoms with van der Waals surface area (Å²) in [4.78, 5) is 11.6. The van der Waals surface area contributed by atoms with Crippen molar-refractivity contribution in [3.63, 3.8) is 0 Å². The van der Waals surface area contributed by atoms with E-state index in [2.05, 4.69) is 5.32 Å². The molecule has 0 aromatic heterocycles. The number of hydrogen-bond donors (Lipinski definition) is 3. The number of nitrogens with one attached hydrogen (secondary N) is 1. The Bertz CT molecular complexity index is 185. The highest BCUT2D eigenvalue weighted by atomic mass is 16.3. The Balaban J connectivity index is 2.28. The lowest BCUT2D eigenvalue weighted by Crippen LogP contribution is -2.35. The predicted molar refractivity (Wildman–Crippen MR) is 54.6 cm³/mol. The number of carbonyl (C=O) groups is 1. The normalized spacial score (nSPS) is 26.4. The molecule has 0 bridgehead atoms. The molecule has 4 N–H and O–H groups in total. The summed E-state index contributed by atoms with van der Waals surface area (Å²) in [6.45, 7) is 1.31. The number of rotatable bonds is 5. The molecule has 0 radical (unpaired) electrons. The van der Waals surface area contributed by atoms with Crippen LogP contribution in [0.15, 0.2) is 0 Å². The fraction of sp³-hybridized carbons (Fsp3) is 0.900. The van der Waals surface area contributed by atoms with Gasteiger partial charge in [0.1, 0.15) is 0 Å². The van der Waals surface area contributed by atoms with Gasteiger partial charge in [-0.3, -0.25) is 4.79 Å². The van der Waals surface area contributed by atoms with E-state index in [1.165, 1.54) is 0 Å². The Hall–Kier alpha value is -0.610. The monoisotopic (exact) mass is 200 g/mol. The van der Waals surface area contributed by atoms with Crippen molar-refractivity contribution in [1.29, 1.82) is 0 Å². The van der Waals surface area contributed by atoms with Crippen molar-refractivity contribution in [3.8, 4) is 0 Å². The highest BCUT2D eigenvalue weighted by Crippen LogP contribution is 2.30. The number of nitrogens with two attached hydrogens (primary N) is 1. The maximum absolute atomic E-state index is 11.6. The van der Waals surface area contributed by atoms with Crippen molar-refractivity contribution < 1.29 is 9.90 Å². The Morgan fingerprint density at radius 1 is 1.50 bits per heavy atom. The van der Waals surface area contributed by atoms with Crippen LogP contribution >= 0.6 is 0 Å². The second-order valence-electron chi connectivity index (χ2n) is 3.90. The van der Waals surface area contributed by atoms with Crippen molar-refractivity contribution in [2.75, 3.05) is 19.7 Å². The SMILES string of the molecule is NCC1CCCC1C(=O)NCCCO. The zero-order valence-corrected chi connectivity index (χ0v) is 8.54. The molecule has 1 rings (SSSR count). The van der Waals surface area contributed by atoms with Crippen LogP contribution in [0.1, 0.15) is 25.7 Å². The van der Waals surface area contributed by atoms with Gasteiger partial charge in [-0.05, 0) is 31.7 Å². The van der Waals surface area contributed by atoms with Gasteiger partial charge in [-0.1, -0.05) is 6.42 Å². The molecule has 1 aliphatic carbocycles. The molecule has 82 valence electrons. The van der Waals surface area contributed by atoms with Crippen LogP contribution in [0.3, 0.4) is 0 Å². The summed E-state index contributed by atoms with van der Waals surface area (Å²) in [6.07, 6.45) is 3.78. The average Bonchev–Trinajstić information content (AvgIpc) is 2.65. The van der Waals surface area contributed by atoms with Crippen LogP contribution in [0.25, 0.3) is 0 Å². The van der Waals surface area contributed by atoms with E-state index < -0.39 is 0 Å². The third kappa shape index (κ3) is 2.96. The Labute approximate surface area is 84.9 Å². The lowest BCUT2D eigenvalue weighted by atomic mass is 9.95. The Kier molecular flexibility index (Phi) is 4.90. The molecule has 2 atom stereocenters. The third-order valence-electron chi connectivity index (χ3n) is 2.93. The zero-order chi connectivity index (χ0) is 10.4. The fourth-order valence-electron chi connectivity index (χ4n) is 2.09. The average molecular weight is 200 g/mol. The molecule has 2 unspecified atom stereocenters. The largest absolute Gasteiger partial charge is 0.396 e. The van der Waals surface area contributed by atoms with Gasteiger partial charge < -0.3 is 16.2 Å². The first-order valence-corrected chi connectivity index (χ1v) is 5.38. The van der Waals surface area contributed by atoms with Crippen LogP contribution in [0.5, 0.6) is 0 Å². The van der Waals surface area contributed by atoms with Gasteiger partial charge in [0.05, 0.1) is 0 Å². The van der Waals surface area contributed by atoms with Crippen molar-refractivity contribution in [2.24, 2.45) is 17.6 Å². The molecule has 0 aromatic carbocycles. The lowest BCUT2D eigenvalue weighted by molar-refractivity contribution is -0.125. The van der Waals surface area contributed by atoms with Crippen molar-refractivity contribution in [3.05, 3.63) is 0 Å². The van der Waals surface area contributed by atoms with E-state index in [4.69, 9.17) is 10.8 Å². The highest BCUT2D eigenvalue weighted by molar-refractivity contribution is 5.79. The van der Waals surface area contributed by atoms with Crippen molar-refractivity contribution in [1.82, 2.24) is 5.32 Å². The molecule has 4 nitrogen and oxygen atoms in total. The molecular formula is C10H20N2O2. The number of amides is 1. The summed E-state index contributed by atoms with van der Waals surface area (Å²) >= 11 is 0. The van der Waals surface area contributed by atoms with Crippen molar-refractivity contribution >= 4 is 5.91 Å². The molecular weight excluding hydrogens is 180 g/mol. The van der Waals surface area contributed by atoms with Gasteiger partial charge in [0.25, 0.3) is 0 Å². The zero-order valence-electron chi connectivity index (χ0n) is 8.54. The van der Waals surface area contributed by atoms with Gasteiger partial charge in [0.2, 0.25) is 5.91 Å². The number of aliphatic hydroxyl groups is 1. The van der Waals surface area contributed by atoms with Gasteiger partial charge in [0.15, 0.2) is 0 Å². The molecule has 14 heavy (non-hydrogen) atoms. The van der Waals surface area contributed by atoms with Gasteiger partial charge in [0, 0.05) is 19.1 Å². The maximum Gasteiger partial charge on any atom is 0.223 e. The standard InChI is InChI=1S/C10H20N2O2/c11-7-8-3-1-4-9(8)10(14)12-5-2-6-13/h8-9,13H,1-7,11H2,(H,12,14). The maximum atomic E-state index is 11.6. The molecule has 1 saturated carbocycles. The molecule has 1 aliphatic rings. The molecule has 0 aromatic rings. The first-order chi connectivity index (χ1) is 6.79. The first-order valence-electron chi connectivity index (χ1n) is 5.38. The molecule has 0 saturated heterocycles. The van der Waals surface area contributed by atoms with Crippen LogP contribution in [-0.4, -0.2) is 30.7 Å². The number of hydrogen-bond acceptors (Lipinski definition) is 3. The molecule has 1 amide bonds. The minimum absolute atomic E-state index is 0.110. The van der Waals surface area contributed by atoms with E-state index in [1.54, 1.807) is 0 Å². The topological polar surface area (TPSA) is 75.4 Å². The quantitative estimate of drug-likeness (QED) is 0.541. The van der Waals surface area contributed by atoms with E-state index in [0.717, 1.165) is 19.3 Å². The second-order valence-corrected chi connectivity index (χ2v) is 3.90. The van der Waals surface area contributed by atoms with E-state index in [9.17, 15) is 4.79 Å². The highest BCUT2D eigenvalue weighted by Gasteiger charge is 2.31. The van der Waals surface area contributed by atoms with Crippen LogP contribution in [0.4, 0.5) is 0 Å². The minimum Gasteiger partial charge on any atom is -0.396 e.